The maximum atomic E-state index is 15.1. The van der Waals surface area contributed by atoms with E-state index in [2.05, 4.69) is 25.5 Å². The largest absolute Gasteiger partial charge is 0.381 e. The van der Waals surface area contributed by atoms with Gasteiger partial charge >= 0.3 is 0 Å². The van der Waals surface area contributed by atoms with Crippen LogP contribution >= 0.6 is 27.5 Å². The van der Waals surface area contributed by atoms with Crippen molar-refractivity contribution in [2.45, 2.75) is 18.9 Å². The number of pyridine rings is 1. The Morgan fingerprint density at radius 3 is 2.60 bits per heavy atom. The molecule has 0 amide bonds. The summed E-state index contributed by atoms with van der Waals surface area (Å²) in [4.78, 5) is 4.55. The Hall–Kier alpha value is -2.02. The highest BCUT2D eigenvalue weighted by atomic mass is 79.9. The zero-order valence-electron chi connectivity index (χ0n) is 15.9. The van der Waals surface area contributed by atoms with Crippen molar-refractivity contribution in [3.8, 4) is 0 Å². The molecule has 7 heteroatoms. The summed E-state index contributed by atoms with van der Waals surface area (Å²) in [5.41, 5.74) is 2.81. The molecule has 0 aliphatic carbocycles. The molecule has 30 heavy (non-hydrogen) atoms. The predicted octanol–water partition coefficient (Wildman–Crippen LogP) is 6.90. The molecule has 4 aromatic rings. The zero-order chi connectivity index (χ0) is 20.8. The summed E-state index contributed by atoms with van der Waals surface area (Å²) in [7, 11) is 0. The molecule has 154 valence electrons. The first-order valence-corrected chi connectivity index (χ1v) is 11.0. The number of rotatable bonds is 3. The van der Waals surface area contributed by atoms with Crippen LogP contribution < -0.4 is 0 Å². The predicted molar refractivity (Wildman–Crippen MR) is 118 cm³/mol. The van der Waals surface area contributed by atoms with Gasteiger partial charge < -0.3 is 9.30 Å². The van der Waals surface area contributed by atoms with Crippen LogP contribution in [0.5, 0.6) is 0 Å². The standard InChI is InChI=1S/C23H18BrClF2N2O/c24-14-9-21-22(28-12-14)16-10-19(27)17(25)11-20(16)29(21)23(13-5-7-30-8-6-13)15-3-1-2-4-18(15)26/h1-4,9-13,23H,5-8H2/t23-/m0/s1. The van der Waals surface area contributed by atoms with E-state index in [-0.39, 0.29) is 22.8 Å². The highest BCUT2D eigenvalue weighted by Gasteiger charge is 2.32. The van der Waals surface area contributed by atoms with Crippen molar-refractivity contribution in [3.05, 3.63) is 75.4 Å². The normalized spacial score (nSPS) is 16.4. The van der Waals surface area contributed by atoms with Crippen molar-refractivity contribution in [1.29, 1.82) is 0 Å². The highest BCUT2D eigenvalue weighted by Crippen LogP contribution is 2.42. The van der Waals surface area contributed by atoms with Gasteiger partial charge in [0.25, 0.3) is 0 Å². The minimum atomic E-state index is -0.499. The van der Waals surface area contributed by atoms with E-state index in [1.54, 1.807) is 18.3 Å². The Morgan fingerprint density at radius 2 is 1.83 bits per heavy atom. The molecule has 3 nitrogen and oxygen atoms in total. The van der Waals surface area contributed by atoms with Gasteiger partial charge in [-0.25, -0.2) is 8.78 Å². The van der Waals surface area contributed by atoms with Gasteiger partial charge in [0.1, 0.15) is 11.6 Å². The van der Waals surface area contributed by atoms with Gasteiger partial charge in [-0.3, -0.25) is 4.98 Å². The number of hydrogen-bond donors (Lipinski definition) is 0. The fourth-order valence-corrected chi connectivity index (χ4v) is 5.00. The molecular formula is C23H18BrClF2N2O. The van der Waals surface area contributed by atoms with E-state index in [0.29, 0.717) is 29.7 Å². The Bertz CT molecular complexity index is 1250. The molecule has 1 atom stereocenters. The summed E-state index contributed by atoms with van der Waals surface area (Å²) in [5, 5.41) is 0.692. The first-order chi connectivity index (χ1) is 14.5. The van der Waals surface area contributed by atoms with E-state index in [0.717, 1.165) is 28.3 Å². The Balaban J connectivity index is 1.87. The molecule has 0 unspecified atom stereocenters. The number of ether oxygens (including phenoxy) is 1. The molecule has 1 saturated heterocycles. The average molecular weight is 492 g/mol. The number of hydrogen-bond acceptors (Lipinski definition) is 2. The van der Waals surface area contributed by atoms with E-state index in [1.165, 1.54) is 12.1 Å². The van der Waals surface area contributed by atoms with E-state index in [4.69, 9.17) is 16.3 Å². The van der Waals surface area contributed by atoms with Crippen LogP contribution in [0, 0.1) is 17.6 Å². The van der Waals surface area contributed by atoms with Crippen molar-refractivity contribution < 1.29 is 13.5 Å². The first-order valence-electron chi connectivity index (χ1n) is 9.81. The molecule has 0 bridgehead atoms. The van der Waals surface area contributed by atoms with Crippen LogP contribution in [-0.4, -0.2) is 22.8 Å². The van der Waals surface area contributed by atoms with Gasteiger partial charge in [0, 0.05) is 34.8 Å². The van der Waals surface area contributed by atoms with Gasteiger partial charge in [0.2, 0.25) is 0 Å². The Morgan fingerprint density at radius 1 is 1.07 bits per heavy atom. The van der Waals surface area contributed by atoms with Crippen molar-refractivity contribution in [1.82, 2.24) is 9.55 Å². The summed E-state index contributed by atoms with van der Waals surface area (Å²) in [6, 6.07) is 11.5. The van der Waals surface area contributed by atoms with E-state index in [9.17, 15) is 4.39 Å². The van der Waals surface area contributed by atoms with E-state index < -0.39 is 5.82 Å². The first kappa shape index (κ1) is 19.9. The summed E-state index contributed by atoms with van der Waals surface area (Å²) in [5.74, 6) is -0.612. The lowest BCUT2D eigenvalue weighted by Crippen LogP contribution is -2.27. The Kier molecular flexibility index (Phi) is 5.25. The molecule has 2 aromatic heterocycles. The minimum absolute atomic E-state index is 0.0323. The molecule has 0 spiro atoms. The van der Waals surface area contributed by atoms with Crippen molar-refractivity contribution in [2.75, 3.05) is 13.2 Å². The second-order valence-electron chi connectivity index (χ2n) is 7.59. The summed E-state index contributed by atoms with van der Waals surface area (Å²) in [6.45, 7) is 1.26. The molecule has 2 aromatic carbocycles. The van der Waals surface area contributed by atoms with Crippen LogP contribution in [0.3, 0.4) is 0 Å². The molecule has 5 rings (SSSR count). The molecule has 1 aliphatic heterocycles. The molecule has 0 N–H and O–H groups in total. The van der Waals surface area contributed by atoms with Gasteiger partial charge in [-0.2, -0.15) is 0 Å². The third-order valence-electron chi connectivity index (χ3n) is 5.86. The van der Waals surface area contributed by atoms with E-state index in [1.807, 2.05) is 18.2 Å². The van der Waals surface area contributed by atoms with Crippen LogP contribution in [0.1, 0.15) is 24.4 Å². The van der Waals surface area contributed by atoms with Gasteiger partial charge in [-0.1, -0.05) is 29.8 Å². The van der Waals surface area contributed by atoms with Gasteiger partial charge in [0.05, 0.1) is 27.6 Å². The monoisotopic (exact) mass is 490 g/mol. The number of aromatic nitrogens is 2. The summed E-state index contributed by atoms with van der Waals surface area (Å²) >= 11 is 9.67. The van der Waals surface area contributed by atoms with E-state index >= 15 is 4.39 Å². The number of halogens is 4. The van der Waals surface area contributed by atoms with Crippen LogP contribution in [0.15, 0.2) is 53.1 Å². The minimum Gasteiger partial charge on any atom is -0.381 e. The maximum absolute atomic E-state index is 15.1. The molecule has 1 aliphatic rings. The van der Waals surface area contributed by atoms with Gasteiger partial charge in [-0.05, 0) is 59.0 Å². The fourth-order valence-electron chi connectivity index (χ4n) is 4.52. The SMILES string of the molecule is Fc1cc2c3ncc(Br)cc3n([C@H](c3ccccc3F)C3CCOCC3)c2cc1Cl. The lowest BCUT2D eigenvalue weighted by Gasteiger charge is -2.33. The average Bonchev–Trinajstić information content (AvgIpc) is 3.03. The second kappa shape index (κ2) is 7.91. The molecule has 1 fully saturated rings. The fraction of sp³-hybridized carbons (Fsp3) is 0.261. The van der Waals surface area contributed by atoms with Crippen molar-refractivity contribution in [2.24, 2.45) is 5.92 Å². The number of fused-ring (bicyclic) bond motifs is 3. The van der Waals surface area contributed by atoms with Crippen LogP contribution in [-0.2, 0) is 4.74 Å². The van der Waals surface area contributed by atoms with Crippen LogP contribution in [0.4, 0.5) is 8.78 Å². The van der Waals surface area contributed by atoms with Crippen molar-refractivity contribution >= 4 is 49.5 Å². The molecule has 0 radical (unpaired) electrons. The molecular weight excluding hydrogens is 474 g/mol. The van der Waals surface area contributed by atoms with Crippen LogP contribution in [0.25, 0.3) is 21.9 Å². The third-order valence-corrected chi connectivity index (χ3v) is 6.58. The zero-order valence-corrected chi connectivity index (χ0v) is 18.3. The summed E-state index contributed by atoms with van der Waals surface area (Å²) < 4.78 is 37.8. The number of benzene rings is 2. The smallest absolute Gasteiger partial charge is 0.142 e. The van der Waals surface area contributed by atoms with Crippen molar-refractivity contribution in [3.63, 3.8) is 0 Å². The topological polar surface area (TPSA) is 27.1 Å². The number of nitrogens with zero attached hydrogens (tertiary/aromatic N) is 2. The molecule has 3 heterocycles. The molecule has 0 saturated carbocycles. The van der Waals surface area contributed by atoms with Gasteiger partial charge in [-0.15, -0.1) is 0 Å². The lowest BCUT2D eigenvalue weighted by atomic mass is 9.86. The lowest BCUT2D eigenvalue weighted by molar-refractivity contribution is 0.0548. The summed E-state index contributed by atoms with van der Waals surface area (Å²) in [6.07, 6.45) is 3.29. The maximum Gasteiger partial charge on any atom is 0.142 e. The van der Waals surface area contributed by atoms with Crippen LogP contribution in [0.2, 0.25) is 5.02 Å². The quantitative estimate of drug-likeness (QED) is 0.312. The van der Waals surface area contributed by atoms with Gasteiger partial charge in [0.15, 0.2) is 0 Å². The highest BCUT2D eigenvalue weighted by molar-refractivity contribution is 9.10. The third kappa shape index (κ3) is 3.31. The Labute approximate surface area is 185 Å². The second-order valence-corrected chi connectivity index (χ2v) is 8.91.